The van der Waals surface area contributed by atoms with Crippen molar-refractivity contribution in [2.45, 2.75) is 70.0 Å². The molecule has 5 rings (SSSR count). The van der Waals surface area contributed by atoms with Crippen LogP contribution in [-0.2, 0) is 14.8 Å². The Morgan fingerprint density at radius 2 is 1.40 bits per heavy atom. The summed E-state index contributed by atoms with van der Waals surface area (Å²) >= 11 is 0. The molecule has 1 aromatic heterocycles. The van der Waals surface area contributed by atoms with Gasteiger partial charge in [0.05, 0.1) is 38.4 Å². The minimum atomic E-state index is -2.35. The lowest BCUT2D eigenvalue weighted by atomic mass is 9.78. The molecule has 0 aliphatic heterocycles. The van der Waals surface area contributed by atoms with E-state index in [1.54, 1.807) is 27.3 Å². The number of aliphatic hydroxyl groups is 1. The highest BCUT2D eigenvalue weighted by atomic mass is 28.4. The zero-order chi connectivity index (χ0) is 36.5. The summed E-state index contributed by atoms with van der Waals surface area (Å²) in [6.45, 7) is 17.2. The predicted molar refractivity (Wildman–Crippen MR) is 199 cm³/mol. The Kier molecular flexibility index (Phi) is 10.5. The van der Waals surface area contributed by atoms with Gasteiger partial charge < -0.3 is 23.7 Å². The van der Waals surface area contributed by atoms with Crippen molar-refractivity contribution in [3.8, 4) is 11.5 Å². The quantitative estimate of drug-likeness (QED) is 0.0958. The highest BCUT2D eigenvalue weighted by molar-refractivity contribution is 6.74. The maximum atomic E-state index is 13.2. The van der Waals surface area contributed by atoms with E-state index in [1.807, 2.05) is 78.9 Å². The Balaban J connectivity index is 1.70. The molecule has 0 saturated heterocycles. The van der Waals surface area contributed by atoms with E-state index < -0.39 is 42.7 Å². The van der Waals surface area contributed by atoms with Crippen LogP contribution < -0.4 is 20.7 Å². The number of aromatic nitrogens is 2. The minimum absolute atomic E-state index is 0.00214. The van der Waals surface area contributed by atoms with Crippen molar-refractivity contribution in [3.05, 3.63) is 140 Å². The largest absolute Gasteiger partial charge is 0.497 e. The van der Waals surface area contributed by atoms with Crippen LogP contribution in [-0.4, -0.2) is 56.5 Å². The van der Waals surface area contributed by atoms with Crippen LogP contribution in [0.3, 0.4) is 0 Å². The molecular formula is C40H50N2O7Si. The monoisotopic (exact) mass is 698 g/mol. The molecule has 9 nitrogen and oxygen atoms in total. The van der Waals surface area contributed by atoms with Crippen LogP contribution in [0, 0.1) is 12.3 Å². The van der Waals surface area contributed by atoms with Crippen molar-refractivity contribution >= 4 is 8.32 Å². The van der Waals surface area contributed by atoms with Gasteiger partial charge in [0.1, 0.15) is 17.1 Å². The first-order valence-corrected chi connectivity index (χ1v) is 19.8. The number of methoxy groups -OCH3 is 2. The topological polar surface area (TPSA) is 112 Å². The normalized spacial score (nSPS) is 19.8. The number of nitrogens with zero attached hydrogens (tertiary/aromatic N) is 1. The summed E-state index contributed by atoms with van der Waals surface area (Å²) in [5.41, 5.74) is 0.265. The lowest BCUT2D eigenvalue weighted by Crippen LogP contribution is -2.49. The summed E-state index contributed by atoms with van der Waals surface area (Å²) in [4.78, 5) is 27.9. The Morgan fingerprint density at radius 3 is 1.90 bits per heavy atom. The van der Waals surface area contributed by atoms with E-state index >= 15 is 0 Å². The average molecular weight is 699 g/mol. The van der Waals surface area contributed by atoms with E-state index in [4.69, 9.17) is 18.6 Å². The van der Waals surface area contributed by atoms with Gasteiger partial charge in [-0.05, 0) is 78.0 Å². The van der Waals surface area contributed by atoms with Crippen molar-refractivity contribution < 1.29 is 23.7 Å². The molecule has 3 aromatic carbocycles. The number of aryl methyl sites for hydroxylation is 1. The third-order valence-corrected chi connectivity index (χ3v) is 15.3. The fourth-order valence-electron chi connectivity index (χ4n) is 6.48. The van der Waals surface area contributed by atoms with Crippen LogP contribution in [0.2, 0.25) is 18.1 Å². The molecule has 1 aliphatic rings. The molecular weight excluding hydrogens is 649 g/mol. The van der Waals surface area contributed by atoms with Gasteiger partial charge in [0.2, 0.25) is 0 Å². The molecule has 10 heteroatoms. The Bertz CT molecular complexity index is 1860. The summed E-state index contributed by atoms with van der Waals surface area (Å²) < 4.78 is 26.7. The highest BCUT2D eigenvalue weighted by Gasteiger charge is 2.54. The molecule has 2 N–H and O–H groups in total. The van der Waals surface area contributed by atoms with Crippen molar-refractivity contribution in [3.63, 3.8) is 0 Å². The minimum Gasteiger partial charge on any atom is -0.497 e. The van der Waals surface area contributed by atoms with Crippen molar-refractivity contribution in [2.24, 2.45) is 5.41 Å². The second kappa shape index (κ2) is 14.2. The van der Waals surface area contributed by atoms with Crippen molar-refractivity contribution in [2.75, 3.05) is 27.4 Å². The Hall–Kier alpha value is -4.22. The molecule has 1 fully saturated rings. The first-order chi connectivity index (χ1) is 23.6. The number of aromatic amines is 1. The zero-order valence-electron chi connectivity index (χ0n) is 30.4. The average Bonchev–Trinajstić information content (AvgIpc) is 3.34. The number of hydrogen-bond donors (Lipinski definition) is 2. The molecule has 0 spiro atoms. The molecule has 266 valence electrons. The molecule has 0 unspecified atom stereocenters. The van der Waals surface area contributed by atoms with Gasteiger partial charge in [0.25, 0.3) is 5.56 Å². The number of rotatable bonds is 12. The highest BCUT2D eigenvalue weighted by Crippen LogP contribution is 2.52. The zero-order valence-corrected chi connectivity index (χ0v) is 31.4. The van der Waals surface area contributed by atoms with E-state index in [0.29, 0.717) is 22.6 Å². The molecule has 3 atom stereocenters. The summed E-state index contributed by atoms with van der Waals surface area (Å²) in [7, 11) is 0.912. The maximum absolute atomic E-state index is 13.2. The van der Waals surface area contributed by atoms with Crippen LogP contribution in [0.25, 0.3) is 0 Å². The Labute approximate surface area is 295 Å². The van der Waals surface area contributed by atoms with Crippen molar-refractivity contribution in [1.82, 2.24) is 9.55 Å². The number of aliphatic hydroxyl groups excluding tert-OH is 1. The molecule has 1 saturated carbocycles. The molecule has 4 aromatic rings. The first kappa shape index (κ1) is 37.0. The third-order valence-electron chi connectivity index (χ3n) is 10.8. The summed E-state index contributed by atoms with van der Waals surface area (Å²) in [6, 6.07) is 24.9. The SMILES string of the molecule is C=C1[C@@H](n2cc(C)c(=O)[nH]c2=O)C[C@H](O)[C@]1(COC(c1ccccc1)(c1ccc(OC)cc1)c1ccc(OC)cc1)CO[Si](C)(C)C(C)(C)C. The molecule has 0 radical (unpaired) electrons. The molecule has 0 bridgehead atoms. The van der Waals surface area contributed by atoms with Gasteiger partial charge in [-0.1, -0.05) is 81.9 Å². The van der Waals surface area contributed by atoms with Gasteiger partial charge in [-0.15, -0.1) is 0 Å². The van der Waals surface area contributed by atoms with E-state index in [0.717, 1.165) is 16.7 Å². The maximum Gasteiger partial charge on any atom is 0.328 e. The Morgan fingerprint density at radius 1 is 0.880 bits per heavy atom. The standard InChI is InChI=1S/C40H50N2O7Si/c1-27-24-42(37(45)41-36(27)44)34-23-35(43)39(28(34)2,26-49-50(8,9)38(3,4)5)25-48-40(29-13-11-10-12-14-29,30-15-19-32(46-6)20-16-30)31-17-21-33(47-7)22-18-31/h10-22,24,34-35,43H,2,23,25-26H2,1,3-9H3,(H,41,44,45)/t34-,35-,39+/m0/s1. The molecule has 1 heterocycles. The number of benzene rings is 3. The summed E-state index contributed by atoms with van der Waals surface area (Å²) in [6.07, 6.45) is 0.750. The van der Waals surface area contributed by atoms with Crippen LogP contribution >= 0.6 is 0 Å². The number of ether oxygens (including phenoxy) is 3. The van der Waals surface area contributed by atoms with E-state index in [9.17, 15) is 14.7 Å². The van der Waals surface area contributed by atoms with Gasteiger partial charge in [-0.2, -0.15) is 0 Å². The summed E-state index contributed by atoms with van der Waals surface area (Å²) in [5, 5.41) is 12.1. The van der Waals surface area contributed by atoms with Gasteiger partial charge >= 0.3 is 5.69 Å². The van der Waals surface area contributed by atoms with Crippen LogP contribution in [0.4, 0.5) is 0 Å². The van der Waals surface area contributed by atoms with Crippen LogP contribution in [0.5, 0.6) is 11.5 Å². The van der Waals surface area contributed by atoms with Crippen molar-refractivity contribution in [1.29, 1.82) is 0 Å². The van der Waals surface area contributed by atoms with E-state index in [1.165, 1.54) is 4.57 Å². The lowest BCUT2D eigenvalue weighted by molar-refractivity contribution is -0.0788. The smallest absolute Gasteiger partial charge is 0.328 e. The molecule has 1 aliphatic carbocycles. The first-order valence-electron chi connectivity index (χ1n) is 16.9. The van der Waals surface area contributed by atoms with Gasteiger partial charge in [-0.3, -0.25) is 14.3 Å². The van der Waals surface area contributed by atoms with Gasteiger partial charge in [0.15, 0.2) is 8.32 Å². The second-order valence-electron chi connectivity index (χ2n) is 14.8. The molecule has 50 heavy (non-hydrogen) atoms. The van der Waals surface area contributed by atoms with E-state index in [-0.39, 0.29) is 24.7 Å². The van der Waals surface area contributed by atoms with Gasteiger partial charge in [0, 0.05) is 18.4 Å². The van der Waals surface area contributed by atoms with E-state index in [2.05, 4.69) is 45.4 Å². The molecule has 0 amide bonds. The number of nitrogens with one attached hydrogen (secondary N) is 1. The van der Waals surface area contributed by atoms with Gasteiger partial charge in [-0.25, -0.2) is 4.79 Å². The lowest BCUT2D eigenvalue weighted by Gasteiger charge is -2.44. The summed E-state index contributed by atoms with van der Waals surface area (Å²) in [5.74, 6) is 1.41. The fourth-order valence-corrected chi connectivity index (χ4v) is 7.53. The third kappa shape index (κ3) is 6.77. The number of hydrogen-bond acceptors (Lipinski definition) is 7. The predicted octanol–water partition coefficient (Wildman–Crippen LogP) is 6.74. The van der Waals surface area contributed by atoms with Crippen LogP contribution in [0.15, 0.2) is 107 Å². The fraction of sp³-hybridized carbons (Fsp3) is 0.400. The second-order valence-corrected chi connectivity index (χ2v) is 19.6. The number of H-pyrrole nitrogens is 1. The van der Waals surface area contributed by atoms with Crippen LogP contribution in [0.1, 0.15) is 55.5 Å².